The summed E-state index contributed by atoms with van der Waals surface area (Å²) in [6.45, 7) is 0.907. The summed E-state index contributed by atoms with van der Waals surface area (Å²) in [4.78, 5) is 3.04. The van der Waals surface area contributed by atoms with Gasteiger partial charge in [0.25, 0.3) is 0 Å². The monoisotopic (exact) mass is 282 g/mol. The van der Waals surface area contributed by atoms with Gasteiger partial charge in [0.2, 0.25) is 0 Å². The minimum absolute atomic E-state index is 0.191. The van der Waals surface area contributed by atoms with Crippen LogP contribution in [-0.4, -0.2) is 9.55 Å². The molecule has 0 bridgehead atoms. The predicted molar refractivity (Wildman–Crippen MR) is 72.1 cm³/mol. The summed E-state index contributed by atoms with van der Waals surface area (Å²) in [6, 6.07) is 5.16. The molecule has 1 atom stereocenters. The Labute approximate surface area is 114 Å². The maximum atomic E-state index is 13.9. The van der Waals surface area contributed by atoms with Crippen molar-refractivity contribution in [3.63, 3.8) is 0 Å². The fourth-order valence-electron chi connectivity index (χ4n) is 2.59. The van der Waals surface area contributed by atoms with Crippen molar-refractivity contribution in [3.05, 3.63) is 51.3 Å². The zero-order valence-electron chi connectivity index (χ0n) is 9.62. The molecule has 94 valence electrons. The van der Waals surface area contributed by atoms with Crippen LogP contribution in [0, 0.1) is 10.6 Å². The third kappa shape index (κ3) is 1.89. The zero-order valence-corrected chi connectivity index (χ0v) is 11.2. The van der Waals surface area contributed by atoms with Crippen LogP contribution >= 0.6 is 23.8 Å². The Morgan fingerprint density at radius 2 is 2.33 bits per heavy atom. The molecule has 1 aromatic carbocycles. The molecule has 0 spiro atoms. The van der Waals surface area contributed by atoms with Crippen LogP contribution in [0.3, 0.4) is 0 Å². The van der Waals surface area contributed by atoms with E-state index in [1.165, 1.54) is 5.69 Å². The lowest BCUT2D eigenvalue weighted by atomic mass is 9.95. The first-order valence-corrected chi connectivity index (χ1v) is 6.66. The van der Waals surface area contributed by atoms with E-state index in [1.807, 2.05) is 6.20 Å². The van der Waals surface area contributed by atoms with Crippen LogP contribution in [0.15, 0.2) is 24.4 Å². The van der Waals surface area contributed by atoms with Gasteiger partial charge in [0.15, 0.2) is 4.77 Å². The Morgan fingerprint density at radius 1 is 1.50 bits per heavy atom. The van der Waals surface area contributed by atoms with E-state index in [0.29, 0.717) is 17.9 Å². The molecule has 1 aliphatic rings. The van der Waals surface area contributed by atoms with Gasteiger partial charge in [-0.1, -0.05) is 23.7 Å². The van der Waals surface area contributed by atoms with Gasteiger partial charge in [0, 0.05) is 24.4 Å². The van der Waals surface area contributed by atoms with E-state index in [9.17, 15) is 4.39 Å². The third-order valence-electron chi connectivity index (χ3n) is 3.52. The van der Waals surface area contributed by atoms with Crippen molar-refractivity contribution < 1.29 is 4.39 Å². The van der Waals surface area contributed by atoms with Gasteiger partial charge >= 0.3 is 0 Å². The molecule has 18 heavy (non-hydrogen) atoms. The summed E-state index contributed by atoms with van der Waals surface area (Å²) in [5.41, 5.74) is 1.84. The molecule has 2 heterocycles. The van der Waals surface area contributed by atoms with Gasteiger partial charge < -0.3 is 9.55 Å². The number of halogens is 2. The SMILES string of the molecule is Fc1c(Cl)cccc1C[C@H]1CCn2c1c[nH]c2=S. The van der Waals surface area contributed by atoms with Crippen LogP contribution < -0.4 is 0 Å². The Balaban J connectivity index is 1.91. The molecule has 2 nitrogen and oxygen atoms in total. The standard InChI is InChI=1S/C13H12ClFN2S/c14-10-3-1-2-9(12(10)15)6-8-4-5-17-11(8)7-16-13(17)18/h1-3,7-8H,4-6H2,(H,16,18)/t8-/m1/s1. The Hall–Kier alpha value is -1.13. The van der Waals surface area contributed by atoms with Crippen molar-refractivity contribution in [2.45, 2.75) is 25.3 Å². The van der Waals surface area contributed by atoms with Gasteiger partial charge in [-0.05, 0) is 36.7 Å². The second-order valence-electron chi connectivity index (χ2n) is 4.57. The van der Waals surface area contributed by atoms with Crippen molar-refractivity contribution in [1.29, 1.82) is 0 Å². The maximum absolute atomic E-state index is 13.9. The number of aromatic amines is 1. The van der Waals surface area contributed by atoms with Crippen LogP contribution in [-0.2, 0) is 13.0 Å². The van der Waals surface area contributed by atoms with Crippen LogP contribution in [0.4, 0.5) is 4.39 Å². The highest BCUT2D eigenvalue weighted by molar-refractivity contribution is 7.71. The van der Waals surface area contributed by atoms with E-state index >= 15 is 0 Å². The molecule has 1 N–H and O–H groups in total. The van der Waals surface area contributed by atoms with Crippen molar-refractivity contribution in [2.75, 3.05) is 0 Å². The second kappa shape index (κ2) is 4.52. The van der Waals surface area contributed by atoms with Crippen molar-refractivity contribution in [2.24, 2.45) is 0 Å². The van der Waals surface area contributed by atoms with E-state index in [2.05, 4.69) is 9.55 Å². The molecule has 0 aliphatic carbocycles. The number of nitrogens with one attached hydrogen (secondary N) is 1. The Morgan fingerprint density at radius 3 is 3.17 bits per heavy atom. The van der Waals surface area contributed by atoms with Gasteiger partial charge in [-0.3, -0.25) is 0 Å². The van der Waals surface area contributed by atoms with Gasteiger partial charge in [0.05, 0.1) is 5.02 Å². The molecule has 0 saturated heterocycles. The molecular formula is C13H12ClFN2S. The average molecular weight is 283 g/mol. The molecule has 0 fully saturated rings. The Bertz CT molecular complexity index is 647. The number of nitrogens with zero attached hydrogens (tertiary/aromatic N) is 1. The normalized spacial score (nSPS) is 18.0. The lowest BCUT2D eigenvalue weighted by Crippen LogP contribution is -2.01. The first kappa shape index (κ1) is 11.9. The number of rotatable bonds is 2. The van der Waals surface area contributed by atoms with Crippen LogP contribution in [0.1, 0.15) is 23.6 Å². The molecule has 0 amide bonds. The van der Waals surface area contributed by atoms with Gasteiger partial charge in [0.1, 0.15) is 5.82 Å². The van der Waals surface area contributed by atoms with Crippen LogP contribution in [0.2, 0.25) is 5.02 Å². The molecule has 1 aliphatic heterocycles. The number of imidazole rings is 1. The van der Waals surface area contributed by atoms with Crippen molar-refractivity contribution >= 4 is 23.8 Å². The van der Waals surface area contributed by atoms with Crippen molar-refractivity contribution in [3.8, 4) is 0 Å². The highest BCUT2D eigenvalue weighted by Gasteiger charge is 2.24. The number of hydrogen-bond donors (Lipinski definition) is 1. The maximum Gasteiger partial charge on any atom is 0.177 e. The summed E-state index contributed by atoms with van der Waals surface area (Å²) < 4.78 is 16.7. The van der Waals surface area contributed by atoms with Crippen LogP contribution in [0.5, 0.6) is 0 Å². The van der Waals surface area contributed by atoms with E-state index < -0.39 is 0 Å². The van der Waals surface area contributed by atoms with Crippen molar-refractivity contribution in [1.82, 2.24) is 9.55 Å². The smallest absolute Gasteiger partial charge is 0.177 e. The molecule has 2 aromatic rings. The Kier molecular flexibility index (Phi) is 2.99. The summed E-state index contributed by atoms with van der Waals surface area (Å²) >= 11 is 11.0. The zero-order chi connectivity index (χ0) is 12.7. The second-order valence-corrected chi connectivity index (χ2v) is 5.37. The lowest BCUT2D eigenvalue weighted by Gasteiger charge is -2.10. The first-order valence-electron chi connectivity index (χ1n) is 5.88. The van der Waals surface area contributed by atoms with E-state index in [0.717, 1.165) is 17.7 Å². The van der Waals surface area contributed by atoms with E-state index in [-0.39, 0.29) is 10.8 Å². The average Bonchev–Trinajstić information content (AvgIpc) is 2.90. The summed E-state index contributed by atoms with van der Waals surface area (Å²) in [7, 11) is 0. The molecule has 5 heteroatoms. The van der Waals surface area contributed by atoms with Gasteiger partial charge in [-0.15, -0.1) is 0 Å². The number of hydrogen-bond acceptors (Lipinski definition) is 1. The largest absolute Gasteiger partial charge is 0.337 e. The number of H-pyrrole nitrogens is 1. The third-order valence-corrected chi connectivity index (χ3v) is 4.15. The number of fused-ring (bicyclic) bond motifs is 1. The highest BCUT2D eigenvalue weighted by Crippen LogP contribution is 2.32. The minimum Gasteiger partial charge on any atom is -0.337 e. The van der Waals surface area contributed by atoms with Crippen LogP contribution in [0.25, 0.3) is 0 Å². The summed E-state index contributed by atoms with van der Waals surface area (Å²) in [5, 5.41) is 0.191. The fourth-order valence-corrected chi connectivity index (χ4v) is 3.04. The van der Waals surface area contributed by atoms with Gasteiger partial charge in [-0.2, -0.15) is 0 Å². The molecule has 0 saturated carbocycles. The quantitative estimate of drug-likeness (QED) is 0.824. The van der Waals surface area contributed by atoms with E-state index in [1.54, 1.807) is 18.2 Å². The number of aromatic nitrogens is 2. The molecule has 0 radical (unpaired) electrons. The summed E-state index contributed by atoms with van der Waals surface area (Å²) in [6.07, 6.45) is 3.60. The topological polar surface area (TPSA) is 20.7 Å². The van der Waals surface area contributed by atoms with Gasteiger partial charge in [-0.25, -0.2) is 4.39 Å². The minimum atomic E-state index is -0.299. The predicted octanol–water partition coefficient (Wildman–Crippen LogP) is 4.07. The highest BCUT2D eigenvalue weighted by atomic mass is 35.5. The molecular weight excluding hydrogens is 271 g/mol. The molecule has 3 rings (SSSR count). The lowest BCUT2D eigenvalue weighted by molar-refractivity contribution is 0.584. The van der Waals surface area contributed by atoms with E-state index in [4.69, 9.17) is 23.8 Å². The first-order chi connectivity index (χ1) is 8.66. The molecule has 1 aromatic heterocycles. The molecule has 0 unspecified atom stereocenters. The fraction of sp³-hybridized carbons (Fsp3) is 0.308. The number of benzene rings is 1. The summed E-state index contributed by atoms with van der Waals surface area (Å²) in [5.74, 6) is 0.0117.